The lowest BCUT2D eigenvalue weighted by atomic mass is 9.92. The molecule has 4 aromatic carbocycles. The summed E-state index contributed by atoms with van der Waals surface area (Å²) >= 11 is 0. The SMILES string of the molecule is CC(C)c1cccc(C(C)C)c1-n1c(-c2cccc3c2oc2c4cnccc4c4ccncc4c32)nc2ccccc21. The van der Waals surface area contributed by atoms with E-state index >= 15 is 0 Å². The van der Waals surface area contributed by atoms with Gasteiger partial charge in [0.2, 0.25) is 0 Å². The monoisotopic (exact) mass is 546 g/mol. The van der Waals surface area contributed by atoms with Gasteiger partial charge in [0.1, 0.15) is 17.0 Å². The Morgan fingerprint density at radius 1 is 0.619 bits per heavy atom. The fourth-order valence-corrected chi connectivity index (χ4v) is 6.59. The first-order valence-corrected chi connectivity index (χ1v) is 14.6. The number of nitrogens with zero attached hydrogens (tertiary/aromatic N) is 4. The lowest BCUT2D eigenvalue weighted by molar-refractivity contribution is 0.673. The molecular weight excluding hydrogens is 516 g/mol. The van der Waals surface area contributed by atoms with Gasteiger partial charge in [-0.3, -0.25) is 14.5 Å². The number of para-hydroxylation sites is 4. The van der Waals surface area contributed by atoms with E-state index in [-0.39, 0.29) is 0 Å². The molecule has 4 aromatic heterocycles. The molecule has 0 spiro atoms. The van der Waals surface area contributed by atoms with Crippen LogP contribution in [-0.2, 0) is 0 Å². The third-order valence-corrected chi connectivity index (χ3v) is 8.53. The van der Waals surface area contributed by atoms with Gasteiger partial charge in [0.15, 0.2) is 0 Å². The molecule has 5 heteroatoms. The summed E-state index contributed by atoms with van der Waals surface area (Å²) in [6, 6.07) is 25.6. The molecule has 0 saturated carbocycles. The third-order valence-electron chi connectivity index (χ3n) is 8.53. The molecule has 204 valence electrons. The van der Waals surface area contributed by atoms with Crippen molar-refractivity contribution in [2.45, 2.75) is 39.5 Å². The van der Waals surface area contributed by atoms with Gasteiger partial charge in [-0.2, -0.15) is 0 Å². The molecular formula is C37H30N4O. The molecule has 0 fully saturated rings. The molecule has 0 N–H and O–H groups in total. The molecule has 0 unspecified atom stereocenters. The van der Waals surface area contributed by atoms with Crippen molar-refractivity contribution in [3.05, 3.63) is 109 Å². The molecule has 4 heterocycles. The van der Waals surface area contributed by atoms with Crippen LogP contribution < -0.4 is 0 Å². The van der Waals surface area contributed by atoms with Crippen LogP contribution in [0.4, 0.5) is 0 Å². The van der Waals surface area contributed by atoms with Gasteiger partial charge in [-0.1, -0.05) is 70.2 Å². The quantitative estimate of drug-likeness (QED) is 0.206. The zero-order valence-electron chi connectivity index (χ0n) is 24.1. The van der Waals surface area contributed by atoms with Crippen molar-refractivity contribution in [1.29, 1.82) is 0 Å². The molecule has 8 rings (SSSR count). The summed E-state index contributed by atoms with van der Waals surface area (Å²) in [5.41, 5.74) is 8.46. The van der Waals surface area contributed by atoms with Crippen molar-refractivity contribution in [2.24, 2.45) is 0 Å². The highest BCUT2D eigenvalue weighted by Crippen LogP contribution is 2.44. The molecule has 0 atom stereocenters. The number of furan rings is 1. The van der Waals surface area contributed by atoms with E-state index in [1.54, 1.807) is 0 Å². The van der Waals surface area contributed by atoms with Crippen LogP contribution >= 0.6 is 0 Å². The first-order chi connectivity index (χ1) is 20.5. The smallest absolute Gasteiger partial charge is 0.149 e. The Morgan fingerprint density at radius 3 is 2.02 bits per heavy atom. The van der Waals surface area contributed by atoms with Gasteiger partial charge in [0.25, 0.3) is 0 Å². The summed E-state index contributed by atoms with van der Waals surface area (Å²) in [5.74, 6) is 1.56. The Hall–Kier alpha value is -5.03. The van der Waals surface area contributed by atoms with Crippen molar-refractivity contribution in [2.75, 3.05) is 0 Å². The molecule has 0 saturated heterocycles. The van der Waals surface area contributed by atoms with E-state index in [2.05, 4.69) is 115 Å². The summed E-state index contributed by atoms with van der Waals surface area (Å²) in [4.78, 5) is 14.2. The zero-order valence-corrected chi connectivity index (χ0v) is 24.1. The lowest BCUT2D eigenvalue weighted by Gasteiger charge is -2.22. The van der Waals surface area contributed by atoms with Crippen LogP contribution in [0.5, 0.6) is 0 Å². The molecule has 0 bridgehead atoms. The number of hydrogen-bond acceptors (Lipinski definition) is 4. The first kappa shape index (κ1) is 24.7. The van der Waals surface area contributed by atoms with Crippen molar-refractivity contribution < 1.29 is 4.42 Å². The van der Waals surface area contributed by atoms with Crippen molar-refractivity contribution >= 4 is 54.5 Å². The second-order valence-electron chi connectivity index (χ2n) is 11.7. The number of imidazole rings is 1. The number of aromatic nitrogens is 4. The topological polar surface area (TPSA) is 56.7 Å². The molecule has 5 nitrogen and oxygen atoms in total. The van der Waals surface area contributed by atoms with Crippen LogP contribution in [0.1, 0.15) is 50.7 Å². The van der Waals surface area contributed by atoms with Gasteiger partial charge in [-0.25, -0.2) is 4.98 Å². The molecule has 0 aliphatic rings. The fourth-order valence-electron chi connectivity index (χ4n) is 6.59. The number of rotatable bonds is 4. The third kappa shape index (κ3) is 3.46. The van der Waals surface area contributed by atoms with E-state index in [1.165, 1.54) is 16.8 Å². The number of pyridine rings is 2. The molecule has 0 amide bonds. The first-order valence-electron chi connectivity index (χ1n) is 14.6. The van der Waals surface area contributed by atoms with Crippen LogP contribution in [0.3, 0.4) is 0 Å². The van der Waals surface area contributed by atoms with Crippen LogP contribution in [0.25, 0.3) is 71.6 Å². The van der Waals surface area contributed by atoms with Gasteiger partial charge in [-0.15, -0.1) is 0 Å². The Balaban J connectivity index is 1.54. The average Bonchev–Trinajstić information content (AvgIpc) is 3.60. The van der Waals surface area contributed by atoms with Gasteiger partial charge >= 0.3 is 0 Å². The number of hydrogen-bond donors (Lipinski definition) is 0. The van der Waals surface area contributed by atoms with E-state index < -0.39 is 0 Å². The minimum atomic E-state index is 0.340. The highest BCUT2D eigenvalue weighted by Gasteiger charge is 2.25. The van der Waals surface area contributed by atoms with Crippen molar-refractivity contribution in [1.82, 2.24) is 19.5 Å². The molecule has 0 aliphatic heterocycles. The molecule has 0 radical (unpaired) electrons. The summed E-state index contributed by atoms with van der Waals surface area (Å²) < 4.78 is 9.24. The van der Waals surface area contributed by atoms with Gasteiger partial charge < -0.3 is 4.42 Å². The van der Waals surface area contributed by atoms with E-state index in [0.29, 0.717) is 11.8 Å². The van der Waals surface area contributed by atoms with Gasteiger partial charge in [0.05, 0.1) is 22.3 Å². The average molecular weight is 547 g/mol. The maximum atomic E-state index is 6.88. The highest BCUT2D eigenvalue weighted by atomic mass is 16.3. The van der Waals surface area contributed by atoms with Crippen LogP contribution in [0, 0.1) is 0 Å². The summed E-state index contributed by atoms with van der Waals surface area (Å²) in [5, 5.41) is 6.42. The fraction of sp³-hybridized carbons (Fsp3) is 0.162. The predicted octanol–water partition coefficient (Wildman–Crippen LogP) is 9.94. The van der Waals surface area contributed by atoms with Gasteiger partial charge in [-0.05, 0) is 64.1 Å². The maximum absolute atomic E-state index is 6.88. The molecule has 8 aromatic rings. The van der Waals surface area contributed by atoms with Gasteiger partial charge in [0, 0.05) is 46.3 Å². The Labute approximate surface area is 243 Å². The van der Waals surface area contributed by atoms with E-state index in [9.17, 15) is 0 Å². The summed E-state index contributed by atoms with van der Waals surface area (Å²) in [6.45, 7) is 9.06. The molecule has 0 aliphatic carbocycles. The second kappa shape index (κ2) is 9.25. The normalized spacial score (nSPS) is 12.2. The summed E-state index contributed by atoms with van der Waals surface area (Å²) in [6.07, 6.45) is 7.54. The van der Waals surface area contributed by atoms with Crippen LogP contribution in [0.2, 0.25) is 0 Å². The minimum Gasteiger partial charge on any atom is -0.455 e. The summed E-state index contributed by atoms with van der Waals surface area (Å²) in [7, 11) is 0. The minimum absolute atomic E-state index is 0.340. The maximum Gasteiger partial charge on any atom is 0.149 e. The zero-order chi connectivity index (χ0) is 28.5. The predicted molar refractivity (Wildman–Crippen MR) is 173 cm³/mol. The Kier molecular flexibility index (Phi) is 5.45. The van der Waals surface area contributed by atoms with Crippen LogP contribution in [0.15, 0.2) is 102 Å². The number of benzene rings is 4. The van der Waals surface area contributed by atoms with E-state index in [1.807, 2.05) is 24.8 Å². The van der Waals surface area contributed by atoms with Crippen molar-refractivity contribution in [3.8, 4) is 17.1 Å². The standard InChI is InChI=1S/C37H30N4O/c1-21(2)23-9-7-10-24(22(3)4)34(23)41-32-14-6-5-13-31(32)40-37(41)28-12-8-11-27-33-29-19-38-17-15-25(29)26-16-18-39-20-30(26)36(33)42-35(27)28/h5-22H,1-4H3. The molecule has 42 heavy (non-hydrogen) atoms. The largest absolute Gasteiger partial charge is 0.455 e. The van der Waals surface area contributed by atoms with E-state index in [4.69, 9.17) is 9.40 Å². The Morgan fingerprint density at radius 2 is 1.29 bits per heavy atom. The van der Waals surface area contributed by atoms with Crippen molar-refractivity contribution in [3.63, 3.8) is 0 Å². The number of fused-ring (bicyclic) bond motifs is 9. The lowest BCUT2D eigenvalue weighted by Crippen LogP contribution is -2.08. The second-order valence-corrected chi connectivity index (χ2v) is 11.7. The Bertz CT molecular complexity index is 2300. The van der Waals surface area contributed by atoms with E-state index in [0.717, 1.165) is 65.9 Å². The highest BCUT2D eigenvalue weighted by molar-refractivity contribution is 6.30. The van der Waals surface area contributed by atoms with Crippen LogP contribution in [-0.4, -0.2) is 19.5 Å².